The minimum atomic E-state index is -0.236. The van der Waals surface area contributed by atoms with Gasteiger partial charge in [0.05, 0.1) is 0 Å². The van der Waals surface area contributed by atoms with E-state index in [9.17, 15) is 9.18 Å². The maximum absolute atomic E-state index is 13.3. The van der Waals surface area contributed by atoms with Crippen molar-refractivity contribution in [3.8, 4) is 0 Å². The van der Waals surface area contributed by atoms with Gasteiger partial charge >= 0.3 is 6.03 Å². The number of carbonyl (C=O) groups is 1. The first-order valence-corrected chi connectivity index (χ1v) is 8.48. The van der Waals surface area contributed by atoms with Crippen molar-refractivity contribution in [3.63, 3.8) is 0 Å². The van der Waals surface area contributed by atoms with Crippen LogP contribution in [-0.2, 0) is 13.1 Å². The molecule has 0 bridgehead atoms. The molecule has 0 atom stereocenters. The fraction of sp³-hybridized carbons (Fsp3) is 0.611. The molecule has 4 nitrogen and oxygen atoms in total. The Hall–Kier alpha value is -1.62. The van der Waals surface area contributed by atoms with Crippen LogP contribution in [0.3, 0.4) is 0 Å². The van der Waals surface area contributed by atoms with Gasteiger partial charge in [0, 0.05) is 25.2 Å². The van der Waals surface area contributed by atoms with Gasteiger partial charge in [-0.25, -0.2) is 9.18 Å². The minimum Gasteiger partial charge on any atom is -0.336 e. The van der Waals surface area contributed by atoms with E-state index < -0.39 is 0 Å². The Balaban J connectivity index is 1.60. The van der Waals surface area contributed by atoms with Crippen LogP contribution in [-0.4, -0.2) is 42.0 Å². The van der Waals surface area contributed by atoms with E-state index >= 15 is 0 Å². The first-order chi connectivity index (χ1) is 11.0. The normalized spacial score (nSPS) is 19.7. The number of amides is 2. The molecule has 2 aliphatic rings. The average molecular weight is 319 g/mol. The third-order valence-corrected chi connectivity index (χ3v) is 5.48. The number of halogens is 1. The summed E-state index contributed by atoms with van der Waals surface area (Å²) in [6.45, 7) is 1.74. The summed E-state index contributed by atoms with van der Waals surface area (Å²) >= 11 is 0. The van der Waals surface area contributed by atoms with E-state index in [0.29, 0.717) is 19.6 Å². The third kappa shape index (κ3) is 3.34. The van der Waals surface area contributed by atoms with Crippen LogP contribution in [0.1, 0.15) is 43.2 Å². The number of nitrogens with zero attached hydrogens (tertiary/aromatic N) is 2. The van der Waals surface area contributed by atoms with Crippen LogP contribution < -0.4 is 5.32 Å². The van der Waals surface area contributed by atoms with E-state index in [0.717, 1.165) is 24.0 Å². The fourth-order valence-electron chi connectivity index (χ4n) is 3.85. The van der Waals surface area contributed by atoms with Crippen LogP contribution in [0.4, 0.5) is 9.18 Å². The summed E-state index contributed by atoms with van der Waals surface area (Å²) in [6.07, 6.45) is 6.00. The Morgan fingerprint density at radius 1 is 1.22 bits per heavy atom. The average Bonchev–Trinajstić information content (AvgIpc) is 2.96. The molecule has 0 saturated heterocycles. The van der Waals surface area contributed by atoms with Gasteiger partial charge in [-0.15, -0.1) is 0 Å². The number of likely N-dealkylation sites (N-methyl/N-ethyl adjacent to an activating group) is 1. The van der Waals surface area contributed by atoms with Gasteiger partial charge in [0.15, 0.2) is 0 Å². The van der Waals surface area contributed by atoms with E-state index in [-0.39, 0.29) is 17.4 Å². The second-order valence-electron chi connectivity index (χ2n) is 7.11. The highest BCUT2D eigenvalue weighted by Gasteiger charge is 2.35. The molecule has 1 heterocycles. The van der Waals surface area contributed by atoms with Gasteiger partial charge in [-0.3, -0.25) is 0 Å². The molecule has 1 saturated carbocycles. The molecule has 0 spiro atoms. The molecule has 126 valence electrons. The predicted molar refractivity (Wildman–Crippen MR) is 88.5 cm³/mol. The largest absolute Gasteiger partial charge is 0.336 e. The first-order valence-electron chi connectivity index (χ1n) is 8.48. The number of hydrogen-bond donors (Lipinski definition) is 1. The minimum absolute atomic E-state index is 0.0478. The molecule has 1 aliphatic carbocycles. The smallest absolute Gasteiger partial charge is 0.318 e. The summed E-state index contributed by atoms with van der Waals surface area (Å²) < 4.78 is 13.3. The number of fused-ring (bicyclic) bond motifs is 1. The second-order valence-corrected chi connectivity index (χ2v) is 7.11. The molecule has 0 aromatic heterocycles. The zero-order valence-electron chi connectivity index (χ0n) is 14.1. The fourth-order valence-corrected chi connectivity index (χ4v) is 3.85. The summed E-state index contributed by atoms with van der Waals surface area (Å²) in [5.74, 6) is -0.236. The molecule has 2 amide bonds. The molecule has 1 aliphatic heterocycles. The van der Waals surface area contributed by atoms with E-state index in [1.807, 2.05) is 0 Å². The number of carbonyl (C=O) groups excluding carboxylic acids is 1. The van der Waals surface area contributed by atoms with Crippen molar-refractivity contribution in [2.24, 2.45) is 0 Å². The lowest BCUT2D eigenvalue weighted by Gasteiger charge is -2.43. The van der Waals surface area contributed by atoms with Gasteiger partial charge < -0.3 is 15.1 Å². The topological polar surface area (TPSA) is 35.6 Å². The monoisotopic (exact) mass is 319 g/mol. The van der Waals surface area contributed by atoms with Gasteiger partial charge in [0.2, 0.25) is 0 Å². The molecule has 0 radical (unpaired) electrons. The van der Waals surface area contributed by atoms with Gasteiger partial charge in [-0.05, 0) is 50.2 Å². The lowest BCUT2D eigenvalue weighted by atomic mass is 9.80. The Morgan fingerprint density at radius 3 is 2.61 bits per heavy atom. The van der Waals surface area contributed by atoms with E-state index in [4.69, 9.17) is 0 Å². The molecule has 3 rings (SSSR count). The summed E-state index contributed by atoms with van der Waals surface area (Å²) in [6, 6.07) is 4.72. The zero-order chi connectivity index (χ0) is 16.4. The van der Waals surface area contributed by atoms with Gasteiger partial charge in [-0.2, -0.15) is 0 Å². The number of hydrogen-bond acceptors (Lipinski definition) is 2. The Morgan fingerprint density at radius 2 is 1.91 bits per heavy atom. The number of nitrogens with one attached hydrogen (secondary N) is 1. The van der Waals surface area contributed by atoms with Crippen molar-refractivity contribution < 1.29 is 9.18 Å². The molecule has 1 N–H and O–H groups in total. The van der Waals surface area contributed by atoms with Crippen LogP contribution in [0.5, 0.6) is 0 Å². The number of benzene rings is 1. The quantitative estimate of drug-likeness (QED) is 0.929. The molecule has 1 aromatic carbocycles. The summed E-state index contributed by atoms with van der Waals surface area (Å²) in [5.41, 5.74) is 2.04. The highest BCUT2D eigenvalue weighted by Crippen LogP contribution is 2.32. The molecule has 1 fully saturated rings. The van der Waals surface area contributed by atoms with Crippen LogP contribution >= 0.6 is 0 Å². The second kappa shape index (κ2) is 6.48. The predicted octanol–water partition coefficient (Wildman–Crippen LogP) is 3.12. The lowest BCUT2D eigenvalue weighted by Crippen LogP contribution is -2.55. The lowest BCUT2D eigenvalue weighted by molar-refractivity contribution is 0.0977. The van der Waals surface area contributed by atoms with E-state index in [1.54, 1.807) is 11.0 Å². The molecule has 23 heavy (non-hydrogen) atoms. The molecule has 0 unspecified atom stereocenters. The van der Waals surface area contributed by atoms with Crippen molar-refractivity contribution in [1.29, 1.82) is 0 Å². The van der Waals surface area contributed by atoms with Crippen LogP contribution in [0, 0.1) is 5.82 Å². The summed E-state index contributed by atoms with van der Waals surface area (Å²) in [5, 5.41) is 3.12. The highest BCUT2D eigenvalue weighted by molar-refractivity contribution is 5.75. The highest BCUT2D eigenvalue weighted by atomic mass is 19.1. The molecular formula is C18H26FN3O. The summed E-state index contributed by atoms with van der Waals surface area (Å²) in [4.78, 5) is 16.5. The first kappa shape index (κ1) is 16.2. The zero-order valence-corrected chi connectivity index (χ0v) is 14.1. The molecule has 5 heteroatoms. The van der Waals surface area contributed by atoms with E-state index in [1.165, 1.54) is 31.4 Å². The molecular weight excluding hydrogens is 293 g/mol. The van der Waals surface area contributed by atoms with Crippen LogP contribution in [0.25, 0.3) is 0 Å². The van der Waals surface area contributed by atoms with Crippen LogP contribution in [0.15, 0.2) is 18.2 Å². The van der Waals surface area contributed by atoms with Crippen molar-refractivity contribution in [3.05, 3.63) is 35.1 Å². The van der Waals surface area contributed by atoms with Gasteiger partial charge in [0.25, 0.3) is 0 Å². The van der Waals surface area contributed by atoms with Crippen molar-refractivity contribution >= 4 is 6.03 Å². The molecule has 1 aromatic rings. The maximum Gasteiger partial charge on any atom is 0.318 e. The number of rotatable bonds is 3. The maximum atomic E-state index is 13.3. The Bertz CT molecular complexity index is 582. The van der Waals surface area contributed by atoms with Gasteiger partial charge in [-0.1, -0.05) is 25.3 Å². The summed E-state index contributed by atoms with van der Waals surface area (Å²) in [7, 11) is 4.21. The SMILES string of the molecule is CN(C)C1(CNC(=O)N2Cc3ccc(F)cc3C2)CCCCC1. The van der Waals surface area contributed by atoms with Crippen molar-refractivity contribution in [2.75, 3.05) is 20.6 Å². The Labute approximate surface area is 137 Å². The van der Waals surface area contributed by atoms with Crippen molar-refractivity contribution in [2.45, 2.75) is 50.7 Å². The standard InChI is InChI=1S/C18H26FN3O/c1-21(2)18(8-4-3-5-9-18)13-20-17(23)22-11-14-6-7-16(19)10-15(14)12-22/h6-7,10H,3-5,8-9,11-13H2,1-2H3,(H,20,23). The Kier molecular flexibility index (Phi) is 4.57. The van der Waals surface area contributed by atoms with Gasteiger partial charge in [0.1, 0.15) is 5.82 Å². The van der Waals surface area contributed by atoms with Crippen LogP contribution in [0.2, 0.25) is 0 Å². The number of urea groups is 1. The van der Waals surface area contributed by atoms with E-state index in [2.05, 4.69) is 24.3 Å². The van der Waals surface area contributed by atoms with Crippen molar-refractivity contribution in [1.82, 2.24) is 15.1 Å². The third-order valence-electron chi connectivity index (χ3n) is 5.48.